The van der Waals surface area contributed by atoms with E-state index in [1.54, 1.807) is 31.2 Å². The predicted molar refractivity (Wildman–Crippen MR) is 104 cm³/mol. The second-order valence-electron chi connectivity index (χ2n) is 6.09. The number of benzene rings is 1. The summed E-state index contributed by atoms with van der Waals surface area (Å²) in [5.41, 5.74) is 0.808. The molecule has 0 aliphatic carbocycles. The van der Waals surface area contributed by atoms with Gasteiger partial charge in [-0.25, -0.2) is 17.2 Å². The molecule has 0 spiro atoms. The zero-order valence-electron chi connectivity index (χ0n) is 15.6. The molecule has 0 bridgehead atoms. The van der Waals surface area contributed by atoms with Crippen LogP contribution >= 0.6 is 11.8 Å². The van der Waals surface area contributed by atoms with E-state index < -0.39 is 21.7 Å². The minimum absolute atomic E-state index is 0.131. The van der Waals surface area contributed by atoms with Crippen molar-refractivity contribution in [3.05, 3.63) is 53.7 Å². The Morgan fingerprint density at radius 1 is 1.14 bits per heavy atom. The van der Waals surface area contributed by atoms with Gasteiger partial charge >= 0.3 is 0 Å². The molecule has 1 atom stereocenters. The summed E-state index contributed by atoms with van der Waals surface area (Å²) in [5.74, 6) is -1.28. The molecular formula is C18H20F2N4O2S2. The number of aromatic nitrogens is 3. The predicted octanol–water partition coefficient (Wildman–Crippen LogP) is 3.89. The van der Waals surface area contributed by atoms with Crippen LogP contribution in [-0.4, -0.2) is 40.4 Å². The first-order valence-electron chi connectivity index (χ1n) is 8.74. The van der Waals surface area contributed by atoms with Gasteiger partial charge in [0.05, 0.1) is 4.90 Å². The van der Waals surface area contributed by atoms with Crippen molar-refractivity contribution in [3.63, 3.8) is 0 Å². The second-order valence-corrected chi connectivity index (χ2v) is 9.34. The van der Waals surface area contributed by atoms with Crippen LogP contribution in [0.25, 0.3) is 5.65 Å². The largest absolute Gasteiger partial charge is 0.276 e. The molecule has 0 aliphatic heterocycles. The fourth-order valence-corrected chi connectivity index (χ4v) is 5.29. The molecule has 2 aromatic heterocycles. The number of rotatable bonds is 7. The number of pyridine rings is 1. The highest BCUT2D eigenvalue weighted by molar-refractivity contribution is 7.99. The lowest BCUT2D eigenvalue weighted by molar-refractivity contribution is 0.445. The Bertz CT molecular complexity index is 1100. The monoisotopic (exact) mass is 426 g/mol. The number of nitrogens with zero attached hydrogens (tertiary/aromatic N) is 4. The minimum Gasteiger partial charge on any atom is -0.276 e. The molecule has 150 valence electrons. The third kappa shape index (κ3) is 3.89. The van der Waals surface area contributed by atoms with Crippen LogP contribution in [-0.2, 0) is 10.0 Å². The van der Waals surface area contributed by atoms with Crippen molar-refractivity contribution in [1.29, 1.82) is 0 Å². The Labute approximate surface area is 166 Å². The molecule has 10 heteroatoms. The third-order valence-corrected chi connectivity index (χ3v) is 7.50. The molecule has 0 saturated heterocycles. The van der Waals surface area contributed by atoms with E-state index in [9.17, 15) is 17.2 Å². The molecule has 6 nitrogen and oxygen atoms in total. The molecule has 28 heavy (non-hydrogen) atoms. The van der Waals surface area contributed by atoms with E-state index in [-0.39, 0.29) is 10.1 Å². The van der Waals surface area contributed by atoms with E-state index in [0.29, 0.717) is 29.5 Å². The van der Waals surface area contributed by atoms with Crippen LogP contribution in [0.2, 0.25) is 0 Å². The molecule has 1 unspecified atom stereocenters. The van der Waals surface area contributed by atoms with Gasteiger partial charge in [-0.3, -0.25) is 4.40 Å². The quantitative estimate of drug-likeness (QED) is 0.536. The van der Waals surface area contributed by atoms with Gasteiger partial charge in [0.25, 0.3) is 0 Å². The maximum Gasteiger partial charge on any atom is 0.244 e. The number of hydrogen-bond donors (Lipinski definition) is 0. The number of hydrogen-bond acceptors (Lipinski definition) is 5. The molecule has 0 aliphatic rings. The van der Waals surface area contributed by atoms with E-state index in [1.807, 2.05) is 0 Å². The van der Waals surface area contributed by atoms with Gasteiger partial charge in [-0.15, -0.1) is 10.2 Å². The topological polar surface area (TPSA) is 67.6 Å². The van der Waals surface area contributed by atoms with Crippen molar-refractivity contribution in [2.45, 2.75) is 36.1 Å². The standard InChI is InChI=1S/C18H20F2N4O2S2/c1-4-23(5-2)28(25,26)14-7-9-17-21-22-18(24(17)11-14)27-12(3)15-8-6-13(19)10-16(15)20/h6-12H,4-5H2,1-3H3. The van der Waals surface area contributed by atoms with Gasteiger partial charge in [0.1, 0.15) is 11.6 Å². The Balaban J connectivity index is 1.97. The van der Waals surface area contributed by atoms with Gasteiger partial charge in [-0.2, -0.15) is 4.31 Å². The summed E-state index contributed by atoms with van der Waals surface area (Å²) in [6, 6.07) is 6.50. The van der Waals surface area contributed by atoms with Crippen molar-refractivity contribution >= 4 is 27.4 Å². The highest BCUT2D eigenvalue weighted by Crippen LogP contribution is 2.35. The van der Waals surface area contributed by atoms with Crippen molar-refractivity contribution < 1.29 is 17.2 Å². The number of sulfonamides is 1. The average molecular weight is 427 g/mol. The van der Waals surface area contributed by atoms with E-state index in [4.69, 9.17) is 0 Å². The van der Waals surface area contributed by atoms with Gasteiger partial charge in [0, 0.05) is 36.2 Å². The Kier molecular flexibility index (Phi) is 6.01. The molecule has 0 saturated carbocycles. The lowest BCUT2D eigenvalue weighted by Crippen LogP contribution is -2.30. The summed E-state index contributed by atoms with van der Waals surface area (Å²) in [4.78, 5) is 0.131. The first-order chi connectivity index (χ1) is 13.3. The fraction of sp³-hybridized carbons (Fsp3) is 0.333. The highest BCUT2D eigenvalue weighted by atomic mass is 32.2. The van der Waals surface area contributed by atoms with Crippen LogP contribution in [0.3, 0.4) is 0 Å². The summed E-state index contributed by atoms with van der Waals surface area (Å²) in [6.07, 6.45) is 1.47. The Hall–Kier alpha value is -2.04. The first kappa shape index (κ1) is 20.7. The lowest BCUT2D eigenvalue weighted by Gasteiger charge is -2.18. The summed E-state index contributed by atoms with van der Waals surface area (Å²) in [6.45, 7) is 6.04. The third-order valence-electron chi connectivity index (χ3n) is 4.37. The normalized spacial score (nSPS) is 13.4. The zero-order chi connectivity index (χ0) is 20.5. The van der Waals surface area contributed by atoms with Gasteiger partial charge in [-0.05, 0) is 25.1 Å². The van der Waals surface area contributed by atoms with Gasteiger partial charge in [-0.1, -0.05) is 31.7 Å². The van der Waals surface area contributed by atoms with Crippen molar-refractivity contribution in [1.82, 2.24) is 18.9 Å². The maximum absolute atomic E-state index is 14.0. The van der Waals surface area contributed by atoms with Crippen LogP contribution in [0, 0.1) is 11.6 Å². The number of thioether (sulfide) groups is 1. The number of halogens is 2. The molecular weight excluding hydrogens is 406 g/mol. The Morgan fingerprint density at radius 3 is 2.50 bits per heavy atom. The molecule has 0 radical (unpaired) electrons. The van der Waals surface area contributed by atoms with Crippen LogP contribution in [0.4, 0.5) is 8.78 Å². The molecule has 3 aromatic rings. The maximum atomic E-state index is 14.0. The molecule has 2 heterocycles. The minimum atomic E-state index is -3.63. The second kappa shape index (κ2) is 8.14. The SMILES string of the molecule is CCN(CC)S(=O)(=O)c1ccc2nnc(SC(C)c3ccc(F)cc3F)n2c1. The summed E-state index contributed by atoms with van der Waals surface area (Å²) >= 11 is 1.21. The van der Waals surface area contributed by atoms with Crippen LogP contribution in [0.15, 0.2) is 46.6 Å². The van der Waals surface area contributed by atoms with E-state index in [1.165, 1.54) is 40.5 Å². The smallest absolute Gasteiger partial charge is 0.244 e. The van der Waals surface area contributed by atoms with Crippen LogP contribution < -0.4 is 0 Å². The van der Waals surface area contributed by atoms with Crippen molar-refractivity contribution in [3.8, 4) is 0 Å². The van der Waals surface area contributed by atoms with Crippen molar-refractivity contribution in [2.75, 3.05) is 13.1 Å². The number of fused-ring (bicyclic) bond motifs is 1. The Morgan fingerprint density at radius 2 is 1.86 bits per heavy atom. The first-order valence-corrected chi connectivity index (χ1v) is 11.1. The summed E-state index contributed by atoms with van der Waals surface area (Å²) < 4.78 is 55.7. The molecule has 1 aromatic carbocycles. The lowest BCUT2D eigenvalue weighted by atomic mass is 10.1. The molecule has 0 fully saturated rings. The van der Waals surface area contributed by atoms with Gasteiger partial charge < -0.3 is 0 Å². The molecule has 3 rings (SSSR count). The van der Waals surface area contributed by atoms with E-state index >= 15 is 0 Å². The van der Waals surface area contributed by atoms with Crippen LogP contribution in [0.1, 0.15) is 31.6 Å². The van der Waals surface area contributed by atoms with Crippen molar-refractivity contribution in [2.24, 2.45) is 0 Å². The highest BCUT2D eigenvalue weighted by Gasteiger charge is 2.23. The van der Waals surface area contributed by atoms with Gasteiger partial charge in [0.15, 0.2) is 10.8 Å². The van der Waals surface area contributed by atoms with Gasteiger partial charge in [0.2, 0.25) is 10.0 Å². The van der Waals surface area contributed by atoms with Crippen LogP contribution in [0.5, 0.6) is 0 Å². The summed E-state index contributed by atoms with van der Waals surface area (Å²) in [7, 11) is -3.63. The molecule has 0 N–H and O–H groups in total. The van der Waals surface area contributed by atoms with E-state index in [2.05, 4.69) is 10.2 Å². The average Bonchev–Trinajstić information content (AvgIpc) is 3.04. The van der Waals surface area contributed by atoms with E-state index in [0.717, 1.165) is 6.07 Å². The summed E-state index contributed by atoms with van der Waals surface area (Å²) in [5, 5.41) is 8.17. The zero-order valence-corrected chi connectivity index (χ0v) is 17.3. The fourth-order valence-electron chi connectivity index (χ4n) is 2.85. The molecule has 0 amide bonds.